The van der Waals surface area contributed by atoms with Crippen LogP contribution in [0.1, 0.15) is 190 Å². The lowest BCUT2D eigenvalue weighted by Crippen LogP contribution is -2.61. The van der Waals surface area contributed by atoms with Crippen molar-refractivity contribution in [3.8, 4) is 0 Å². The van der Waals surface area contributed by atoms with Crippen molar-refractivity contribution in [3.63, 3.8) is 0 Å². The molecule has 1 unspecified atom stereocenters. The van der Waals surface area contributed by atoms with E-state index in [1.807, 2.05) is 0 Å². The summed E-state index contributed by atoms with van der Waals surface area (Å²) in [6.45, 7) is 20.6. The highest BCUT2D eigenvalue weighted by Crippen LogP contribution is 2.46. The quantitative estimate of drug-likeness (QED) is 0.0859. The summed E-state index contributed by atoms with van der Waals surface area (Å²) in [7, 11) is 0. The molecule has 0 aromatic carbocycles. The normalized spacial score (nSPS) is 27.5. The van der Waals surface area contributed by atoms with E-state index in [2.05, 4.69) is 81.1 Å². The third-order valence-electron chi connectivity index (χ3n) is 13.0. The van der Waals surface area contributed by atoms with Gasteiger partial charge in [0.05, 0.1) is 18.8 Å². The topological polar surface area (TPSA) is 123 Å². The molecule has 3 aliphatic heterocycles. The van der Waals surface area contributed by atoms with Crippen LogP contribution >= 0.6 is 0 Å². The number of aliphatic hydroxyl groups is 1. The van der Waals surface area contributed by atoms with Gasteiger partial charge < -0.3 is 10.4 Å². The van der Waals surface area contributed by atoms with Gasteiger partial charge in [-0.2, -0.15) is 15.1 Å². The summed E-state index contributed by atoms with van der Waals surface area (Å²) < 4.78 is 0. The lowest BCUT2D eigenvalue weighted by Gasteiger charge is -2.55. The number of amidine groups is 1. The largest absolute Gasteiger partial charge is 0.396 e. The van der Waals surface area contributed by atoms with Crippen molar-refractivity contribution in [2.24, 2.45) is 27.7 Å². The van der Waals surface area contributed by atoms with Crippen LogP contribution in [-0.4, -0.2) is 92.4 Å². The highest BCUT2D eigenvalue weighted by atomic mass is 16.7. The highest BCUT2D eigenvalue weighted by molar-refractivity contribution is 5.97. The Bertz CT molecular complexity index is 1170. The van der Waals surface area contributed by atoms with E-state index in [4.69, 9.17) is 20.5 Å². The lowest BCUT2D eigenvalue weighted by molar-refractivity contribution is -0.314. The van der Waals surface area contributed by atoms with Crippen molar-refractivity contribution in [2.75, 3.05) is 19.7 Å². The molecular formula is C43H82N8O3. The maximum atomic E-state index is 9.73. The van der Waals surface area contributed by atoms with Gasteiger partial charge in [-0.05, 0) is 138 Å². The van der Waals surface area contributed by atoms with Crippen molar-refractivity contribution in [3.05, 3.63) is 0 Å². The zero-order chi connectivity index (χ0) is 39.0. The fourth-order valence-electron chi connectivity index (χ4n) is 11.1. The number of piperidine rings is 2. The van der Waals surface area contributed by atoms with E-state index in [1.54, 1.807) is 5.01 Å². The number of hydrazine groups is 1. The summed E-state index contributed by atoms with van der Waals surface area (Å²) >= 11 is 0. The summed E-state index contributed by atoms with van der Waals surface area (Å²) in [5.74, 6) is 9.11. The molecule has 0 spiro atoms. The van der Waals surface area contributed by atoms with Gasteiger partial charge in [-0.1, -0.05) is 64.2 Å². The summed E-state index contributed by atoms with van der Waals surface area (Å²) in [5.41, 5.74) is 0.114. The minimum atomic E-state index is -0.393. The highest BCUT2D eigenvalue weighted by Gasteiger charge is 2.48. The van der Waals surface area contributed by atoms with E-state index < -0.39 is 6.29 Å². The molecule has 0 bridgehead atoms. The number of hydrogen-bond donors (Lipinski definition) is 4. The van der Waals surface area contributed by atoms with Crippen LogP contribution in [0.25, 0.3) is 0 Å². The maximum absolute atomic E-state index is 9.73. The van der Waals surface area contributed by atoms with Crippen molar-refractivity contribution < 1.29 is 14.8 Å². The van der Waals surface area contributed by atoms with Gasteiger partial charge in [0.1, 0.15) is 5.84 Å². The van der Waals surface area contributed by atoms with Crippen LogP contribution in [0.15, 0.2) is 9.98 Å². The smallest absolute Gasteiger partial charge is 0.223 e. The number of aliphatic hydroxyl groups excluding tert-OH is 1. The van der Waals surface area contributed by atoms with E-state index in [1.165, 1.54) is 109 Å². The average Bonchev–Trinajstić information content (AvgIpc) is 3.10. The maximum Gasteiger partial charge on any atom is 0.223 e. The molecule has 3 heterocycles. The van der Waals surface area contributed by atoms with Crippen molar-refractivity contribution >= 4 is 11.8 Å². The summed E-state index contributed by atoms with van der Waals surface area (Å²) in [4.78, 5) is 23.0. The minimum Gasteiger partial charge on any atom is -0.396 e. The number of rotatable bonds is 17. The predicted molar refractivity (Wildman–Crippen MR) is 221 cm³/mol. The number of nitrogens with two attached hydrogens (primary N) is 1. The van der Waals surface area contributed by atoms with E-state index in [9.17, 15) is 5.11 Å². The number of guanidine groups is 1. The first-order valence-corrected chi connectivity index (χ1v) is 22.3. The lowest BCUT2D eigenvalue weighted by atomic mass is 9.73. The Labute approximate surface area is 329 Å². The number of hydrogen-bond acceptors (Lipinski definition) is 11. The van der Waals surface area contributed by atoms with E-state index >= 15 is 0 Å². The van der Waals surface area contributed by atoms with Gasteiger partial charge in [0, 0.05) is 35.1 Å². The van der Waals surface area contributed by atoms with Crippen LogP contribution in [0, 0.1) is 11.8 Å². The molecule has 2 saturated heterocycles. The first-order chi connectivity index (χ1) is 25.6. The second kappa shape index (κ2) is 19.4. The summed E-state index contributed by atoms with van der Waals surface area (Å²) in [6, 6.07) is 0. The van der Waals surface area contributed by atoms with E-state index in [0.717, 1.165) is 32.4 Å². The first-order valence-electron chi connectivity index (χ1n) is 22.3. The number of aliphatic imine (C=N–C) groups is 2. The molecule has 5 rings (SSSR count). The van der Waals surface area contributed by atoms with Crippen LogP contribution in [0.3, 0.4) is 0 Å². The van der Waals surface area contributed by atoms with Gasteiger partial charge in [-0.15, -0.1) is 0 Å². The Balaban J connectivity index is 1.02. The molecule has 0 amide bonds. The molecule has 1 atom stereocenters. The van der Waals surface area contributed by atoms with E-state index in [0.29, 0.717) is 42.3 Å². The van der Waals surface area contributed by atoms with Crippen LogP contribution < -0.4 is 16.5 Å². The number of nitrogens with zero attached hydrogens (tertiary/aromatic N) is 5. The van der Waals surface area contributed by atoms with Crippen molar-refractivity contribution in [2.45, 2.75) is 231 Å². The number of hydroxylamine groups is 4. The Kier molecular flexibility index (Phi) is 15.7. The second-order valence-electron chi connectivity index (χ2n) is 20.2. The third-order valence-corrected chi connectivity index (χ3v) is 13.0. The predicted octanol–water partition coefficient (Wildman–Crippen LogP) is 8.18. The molecule has 0 aromatic rings. The van der Waals surface area contributed by atoms with Gasteiger partial charge in [-0.3, -0.25) is 20.0 Å². The van der Waals surface area contributed by atoms with Crippen LogP contribution in [0.5, 0.6) is 0 Å². The molecule has 0 radical (unpaired) electrons. The van der Waals surface area contributed by atoms with Crippen LogP contribution in [0.2, 0.25) is 0 Å². The van der Waals surface area contributed by atoms with Gasteiger partial charge >= 0.3 is 0 Å². The molecule has 2 saturated carbocycles. The molecule has 0 aromatic heterocycles. The van der Waals surface area contributed by atoms with Crippen molar-refractivity contribution in [1.82, 2.24) is 25.8 Å². The fraction of sp³-hybridized carbons (Fsp3) is 0.953. The first kappa shape index (κ1) is 43.8. The molecule has 312 valence electrons. The Morgan fingerprint density at radius 1 is 0.667 bits per heavy atom. The Hall–Kier alpha value is -1.34. The zero-order valence-corrected chi connectivity index (χ0v) is 35.9. The minimum absolute atomic E-state index is 0.000945. The molecule has 5 aliphatic rings. The standard InChI is InChI=1S/C43H82N8O3/c1-40(2)29-33(30-41(3,4)50(40)53-35-21-11-9-12-22-35)19-15-17-26-45-38-47-37(25-28-52)49(44)39(48-38)46-27-18-16-20-34-31-42(5,6)51(43(7,8)32-34)54-36-23-13-10-14-24-36/h33-36,39,46,52H,9-32,44H2,1-8H3,(H,45,48). The SMILES string of the molecule is CC1(C)CC(CCCCNC2=NC(NCCCCC3CC(C)(C)N(OC4CCCCC4)C(C)(C)C3)N(N)C(CCO)=N2)CC(C)(C)N1OC1CCCCC1. The average molecular weight is 759 g/mol. The summed E-state index contributed by atoms with van der Waals surface area (Å²) in [6.07, 6.45) is 25.0. The van der Waals surface area contributed by atoms with Crippen molar-refractivity contribution in [1.29, 1.82) is 0 Å². The zero-order valence-electron chi connectivity index (χ0n) is 35.9. The van der Waals surface area contributed by atoms with Gasteiger partial charge in [0.25, 0.3) is 0 Å². The molecular weight excluding hydrogens is 677 g/mol. The molecule has 5 N–H and O–H groups in total. The number of unbranched alkanes of at least 4 members (excludes halogenated alkanes) is 2. The van der Waals surface area contributed by atoms with Crippen LogP contribution in [0.4, 0.5) is 0 Å². The Morgan fingerprint density at radius 2 is 1.11 bits per heavy atom. The Morgan fingerprint density at radius 3 is 1.56 bits per heavy atom. The number of nitrogens with one attached hydrogen (secondary N) is 2. The van der Waals surface area contributed by atoms with Gasteiger partial charge in [0.15, 0.2) is 6.29 Å². The molecule has 11 nitrogen and oxygen atoms in total. The molecule has 11 heteroatoms. The van der Waals surface area contributed by atoms with Gasteiger partial charge in [0.2, 0.25) is 5.96 Å². The van der Waals surface area contributed by atoms with Crippen LogP contribution in [-0.2, 0) is 9.68 Å². The van der Waals surface area contributed by atoms with E-state index in [-0.39, 0.29) is 28.8 Å². The fourth-order valence-corrected chi connectivity index (χ4v) is 11.1. The monoisotopic (exact) mass is 759 g/mol. The molecule has 54 heavy (non-hydrogen) atoms. The molecule has 4 fully saturated rings. The second-order valence-corrected chi connectivity index (χ2v) is 20.2. The summed E-state index contributed by atoms with van der Waals surface area (Å²) in [5, 5.41) is 23.1. The van der Waals surface area contributed by atoms with Gasteiger partial charge in [-0.25, -0.2) is 10.8 Å². The third kappa shape index (κ3) is 12.1. The molecule has 2 aliphatic carbocycles.